The van der Waals surface area contributed by atoms with E-state index in [0.717, 1.165) is 51.3 Å². The number of carbonyl (C=O) groups is 1. The number of nitrogens with zero attached hydrogens (tertiary/aromatic N) is 2. The molecule has 130 valence electrons. The second kappa shape index (κ2) is 9.96. The maximum Gasteiger partial charge on any atom is 0.220 e. The Balaban J connectivity index is 0.00000132. The van der Waals surface area contributed by atoms with Crippen LogP contribution in [0.25, 0.3) is 0 Å². The van der Waals surface area contributed by atoms with Crippen LogP contribution < -0.4 is 15.5 Å². The summed E-state index contributed by atoms with van der Waals surface area (Å²) in [5.41, 5.74) is 0. The standard InChI is InChI=1S/C16H24N4O.2ClH/c21-16(11-13-4-8-17-12-13)19-14-5-9-20(10-6-14)15-3-1-2-7-18-15;;/h1-3,7,13-14,17H,4-6,8-12H2,(H,19,21);2*1H. The van der Waals surface area contributed by atoms with Gasteiger partial charge in [0, 0.05) is 31.7 Å². The van der Waals surface area contributed by atoms with Crippen molar-refractivity contribution in [1.82, 2.24) is 15.6 Å². The van der Waals surface area contributed by atoms with Crippen LogP contribution in [0.15, 0.2) is 24.4 Å². The number of carbonyl (C=O) groups excluding carboxylic acids is 1. The average molecular weight is 361 g/mol. The van der Waals surface area contributed by atoms with Gasteiger partial charge in [-0.3, -0.25) is 4.79 Å². The first-order chi connectivity index (χ1) is 10.3. The fraction of sp³-hybridized carbons (Fsp3) is 0.625. The van der Waals surface area contributed by atoms with E-state index in [4.69, 9.17) is 0 Å². The highest BCUT2D eigenvalue weighted by atomic mass is 35.5. The summed E-state index contributed by atoms with van der Waals surface area (Å²) in [6.07, 6.45) is 5.65. The third-order valence-electron chi connectivity index (χ3n) is 4.47. The van der Waals surface area contributed by atoms with Crippen molar-refractivity contribution in [3.63, 3.8) is 0 Å². The van der Waals surface area contributed by atoms with Crippen LogP contribution in [-0.4, -0.2) is 43.1 Å². The summed E-state index contributed by atoms with van der Waals surface area (Å²) in [6, 6.07) is 6.33. The molecule has 1 aromatic rings. The van der Waals surface area contributed by atoms with Gasteiger partial charge in [-0.2, -0.15) is 0 Å². The molecule has 2 aliphatic heterocycles. The van der Waals surface area contributed by atoms with E-state index < -0.39 is 0 Å². The van der Waals surface area contributed by atoms with E-state index in [9.17, 15) is 4.79 Å². The maximum absolute atomic E-state index is 12.1. The summed E-state index contributed by atoms with van der Waals surface area (Å²) < 4.78 is 0. The Labute approximate surface area is 150 Å². The second-order valence-electron chi connectivity index (χ2n) is 6.08. The summed E-state index contributed by atoms with van der Waals surface area (Å²) in [7, 11) is 0. The van der Waals surface area contributed by atoms with Crippen LogP contribution in [-0.2, 0) is 4.79 Å². The number of anilines is 1. The molecule has 0 saturated carbocycles. The summed E-state index contributed by atoms with van der Waals surface area (Å²) >= 11 is 0. The number of amides is 1. The van der Waals surface area contributed by atoms with Crippen LogP contribution in [0.3, 0.4) is 0 Å². The number of rotatable bonds is 4. The molecule has 1 unspecified atom stereocenters. The Kier molecular flexibility index (Phi) is 8.66. The number of aromatic nitrogens is 1. The topological polar surface area (TPSA) is 57.3 Å². The zero-order valence-electron chi connectivity index (χ0n) is 13.2. The highest BCUT2D eigenvalue weighted by Crippen LogP contribution is 2.18. The molecular formula is C16H26Cl2N4O. The molecule has 0 aliphatic carbocycles. The van der Waals surface area contributed by atoms with Gasteiger partial charge in [0.05, 0.1) is 0 Å². The lowest BCUT2D eigenvalue weighted by molar-refractivity contribution is -0.122. The fourth-order valence-corrected chi connectivity index (χ4v) is 3.23. The van der Waals surface area contributed by atoms with Crippen molar-refractivity contribution in [3.05, 3.63) is 24.4 Å². The first-order valence-electron chi connectivity index (χ1n) is 7.97. The van der Waals surface area contributed by atoms with Gasteiger partial charge < -0.3 is 15.5 Å². The number of nitrogens with one attached hydrogen (secondary N) is 2. The first-order valence-corrected chi connectivity index (χ1v) is 7.97. The summed E-state index contributed by atoms with van der Waals surface area (Å²) in [4.78, 5) is 18.7. The molecular weight excluding hydrogens is 335 g/mol. The third-order valence-corrected chi connectivity index (χ3v) is 4.47. The molecule has 0 aromatic carbocycles. The molecule has 7 heteroatoms. The number of hydrogen-bond acceptors (Lipinski definition) is 4. The van der Waals surface area contributed by atoms with E-state index in [1.54, 1.807) is 0 Å². The van der Waals surface area contributed by atoms with Crippen molar-refractivity contribution in [2.75, 3.05) is 31.1 Å². The van der Waals surface area contributed by atoms with Crippen LogP contribution >= 0.6 is 24.8 Å². The van der Waals surface area contributed by atoms with E-state index in [1.165, 1.54) is 0 Å². The Hall–Kier alpha value is -1.04. The van der Waals surface area contributed by atoms with Gasteiger partial charge in [-0.05, 0) is 50.4 Å². The van der Waals surface area contributed by atoms with E-state index in [2.05, 4.69) is 20.5 Å². The van der Waals surface area contributed by atoms with Crippen LogP contribution in [0.1, 0.15) is 25.7 Å². The zero-order chi connectivity index (χ0) is 14.5. The van der Waals surface area contributed by atoms with Crippen LogP contribution in [0.5, 0.6) is 0 Å². The molecule has 3 heterocycles. The fourth-order valence-electron chi connectivity index (χ4n) is 3.23. The van der Waals surface area contributed by atoms with Crippen molar-refractivity contribution in [3.8, 4) is 0 Å². The van der Waals surface area contributed by atoms with Gasteiger partial charge in [0.15, 0.2) is 0 Å². The van der Waals surface area contributed by atoms with Crippen molar-refractivity contribution >= 4 is 36.5 Å². The van der Waals surface area contributed by atoms with Crippen LogP contribution in [0.4, 0.5) is 5.82 Å². The highest BCUT2D eigenvalue weighted by Gasteiger charge is 2.23. The van der Waals surface area contributed by atoms with Crippen molar-refractivity contribution in [2.45, 2.75) is 31.7 Å². The van der Waals surface area contributed by atoms with Gasteiger partial charge in [-0.15, -0.1) is 24.8 Å². The highest BCUT2D eigenvalue weighted by molar-refractivity contribution is 5.85. The maximum atomic E-state index is 12.1. The minimum absolute atomic E-state index is 0. The summed E-state index contributed by atoms with van der Waals surface area (Å²) in [5.74, 6) is 1.79. The molecule has 5 nitrogen and oxygen atoms in total. The molecule has 0 spiro atoms. The average Bonchev–Trinajstić information content (AvgIpc) is 3.02. The van der Waals surface area contributed by atoms with Crippen LogP contribution in [0, 0.1) is 5.92 Å². The van der Waals surface area contributed by atoms with Gasteiger partial charge in [0.25, 0.3) is 0 Å². The lowest BCUT2D eigenvalue weighted by Crippen LogP contribution is -2.45. The van der Waals surface area contributed by atoms with Gasteiger partial charge in [0.1, 0.15) is 5.82 Å². The monoisotopic (exact) mass is 360 g/mol. The number of piperidine rings is 1. The number of pyridine rings is 1. The molecule has 0 radical (unpaired) electrons. The van der Waals surface area contributed by atoms with Crippen molar-refractivity contribution in [1.29, 1.82) is 0 Å². The molecule has 23 heavy (non-hydrogen) atoms. The van der Waals surface area contributed by atoms with E-state index in [0.29, 0.717) is 18.4 Å². The summed E-state index contributed by atoms with van der Waals surface area (Å²) in [6.45, 7) is 3.98. The van der Waals surface area contributed by atoms with Gasteiger partial charge in [0.2, 0.25) is 5.91 Å². The van der Waals surface area contributed by atoms with E-state index >= 15 is 0 Å². The Morgan fingerprint density at radius 2 is 2.04 bits per heavy atom. The van der Waals surface area contributed by atoms with Gasteiger partial charge >= 0.3 is 0 Å². The molecule has 1 amide bonds. The van der Waals surface area contributed by atoms with E-state index in [-0.39, 0.29) is 30.7 Å². The molecule has 2 aliphatic rings. The second-order valence-corrected chi connectivity index (χ2v) is 6.08. The van der Waals surface area contributed by atoms with Crippen LogP contribution in [0.2, 0.25) is 0 Å². The Morgan fingerprint density at radius 1 is 1.26 bits per heavy atom. The smallest absolute Gasteiger partial charge is 0.220 e. The third kappa shape index (κ3) is 5.83. The SMILES string of the molecule is Cl.Cl.O=C(CC1CCNC1)NC1CCN(c2ccccn2)CC1. The quantitative estimate of drug-likeness (QED) is 0.862. The molecule has 2 fully saturated rings. The largest absolute Gasteiger partial charge is 0.356 e. The van der Waals surface area contributed by atoms with Gasteiger partial charge in [-0.1, -0.05) is 6.07 Å². The molecule has 3 rings (SSSR count). The van der Waals surface area contributed by atoms with Gasteiger partial charge in [-0.25, -0.2) is 4.98 Å². The Bertz CT molecular complexity index is 460. The molecule has 2 N–H and O–H groups in total. The van der Waals surface area contributed by atoms with Crippen molar-refractivity contribution in [2.24, 2.45) is 5.92 Å². The minimum atomic E-state index is 0. The van der Waals surface area contributed by atoms with E-state index in [1.807, 2.05) is 24.4 Å². The molecule has 1 atom stereocenters. The zero-order valence-corrected chi connectivity index (χ0v) is 14.9. The first kappa shape index (κ1) is 20.0. The normalized spacial score (nSPS) is 21.2. The predicted octanol–water partition coefficient (Wildman–Crippen LogP) is 2.01. The lowest BCUT2D eigenvalue weighted by Gasteiger charge is -2.33. The van der Waals surface area contributed by atoms with Crippen molar-refractivity contribution < 1.29 is 4.79 Å². The minimum Gasteiger partial charge on any atom is -0.356 e. The lowest BCUT2D eigenvalue weighted by atomic mass is 10.0. The Morgan fingerprint density at radius 3 is 2.65 bits per heavy atom. The molecule has 0 bridgehead atoms. The summed E-state index contributed by atoms with van der Waals surface area (Å²) in [5, 5.41) is 6.52. The number of halogens is 2. The molecule has 1 aromatic heterocycles. The predicted molar refractivity (Wildman–Crippen MR) is 97.7 cm³/mol. The number of hydrogen-bond donors (Lipinski definition) is 2. The molecule has 2 saturated heterocycles.